The molecule has 1 aromatic heterocycles. The largest absolute Gasteiger partial charge is 0.377 e. The number of benzene rings is 1. The molecule has 0 fully saturated rings. The van der Waals surface area contributed by atoms with E-state index in [0.717, 1.165) is 36.6 Å². The van der Waals surface area contributed by atoms with Crippen molar-refractivity contribution in [3.05, 3.63) is 46.8 Å². The fraction of sp³-hybridized carbons (Fsp3) is 0.550. The number of nitrogens with zero attached hydrogens (tertiary/aromatic N) is 5. The number of fused-ring (bicyclic) bond motifs is 1. The molecule has 0 radical (unpaired) electrons. The highest BCUT2D eigenvalue weighted by Gasteiger charge is 2.22. The van der Waals surface area contributed by atoms with Crippen LogP contribution in [0.1, 0.15) is 29.2 Å². The summed E-state index contributed by atoms with van der Waals surface area (Å²) in [5.74, 6) is 2.26. The molecule has 0 saturated heterocycles. The van der Waals surface area contributed by atoms with Gasteiger partial charge in [-0.3, -0.25) is 4.99 Å². The predicted molar refractivity (Wildman–Crippen MR) is 125 cm³/mol. The number of aryl methyl sites for hydroxylation is 1. The van der Waals surface area contributed by atoms with Crippen LogP contribution >= 0.6 is 24.0 Å². The van der Waals surface area contributed by atoms with Crippen LogP contribution in [0.25, 0.3) is 0 Å². The highest BCUT2D eigenvalue weighted by atomic mass is 127. The zero-order valence-electron chi connectivity index (χ0n) is 18.0. The van der Waals surface area contributed by atoms with Gasteiger partial charge in [-0.15, -0.1) is 24.0 Å². The van der Waals surface area contributed by atoms with Crippen molar-refractivity contribution in [3.8, 4) is 0 Å². The van der Waals surface area contributed by atoms with Crippen LogP contribution in [-0.2, 0) is 37.4 Å². The van der Waals surface area contributed by atoms with Crippen LogP contribution in [0, 0.1) is 5.82 Å². The Kier molecular flexibility index (Phi) is 9.43. The number of guanidine groups is 1. The number of aliphatic imine (C=N–C) groups is 1. The van der Waals surface area contributed by atoms with E-state index < -0.39 is 0 Å². The first-order valence-electron chi connectivity index (χ1n) is 9.79. The molecule has 0 saturated carbocycles. The van der Waals surface area contributed by atoms with Crippen LogP contribution in [-0.4, -0.2) is 59.9 Å². The lowest BCUT2D eigenvalue weighted by Gasteiger charge is -2.25. The fourth-order valence-corrected chi connectivity index (χ4v) is 3.44. The number of halogens is 2. The van der Waals surface area contributed by atoms with Crippen LogP contribution in [0.15, 0.2) is 23.2 Å². The van der Waals surface area contributed by atoms with Gasteiger partial charge >= 0.3 is 0 Å². The molecule has 1 aliphatic rings. The first-order chi connectivity index (χ1) is 14.0. The summed E-state index contributed by atoms with van der Waals surface area (Å²) in [5.41, 5.74) is 1.70. The molecule has 0 spiro atoms. The Morgan fingerprint density at radius 3 is 2.90 bits per heavy atom. The van der Waals surface area contributed by atoms with E-state index in [0.29, 0.717) is 31.2 Å². The summed E-state index contributed by atoms with van der Waals surface area (Å²) < 4.78 is 21.0. The minimum atomic E-state index is -0.177. The normalized spacial score (nSPS) is 16.2. The Labute approximate surface area is 194 Å². The van der Waals surface area contributed by atoms with Gasteiger partial charge in [-0.05, 0) is 38.2 Å². The van der Waals surface area contributed by atoms with Crippen LogP contribution in [0.3, 0.4) is 0 Å². The van der Waals surface area contributed by atoms with Crippen LogP contribution < -0.4 is 10.6 Å². The van der Waals surface area contributed by atoms with Crippen LogP contribution in [0.5, 0.6) is 0 Å². The molecule has 10 heteroatoms. The molecule has 166 valence electrons. The first-order valence-corrected chi connectivity index (χ1v) is 9.79. The number of hydrogen-bond acceptors (Lipinski definition) is 5. The number of ether oxygens (including phenoxy) is 1. The molecule has 2 N–H and O–H groups in total. The third-order valence-electron chi connectivity index (χ3n) is 4.80. The van der Waals surface area contributed by atoms with Gasteiger partial charge in [0.15, 0.2) is 11.8 Å². The van der Waals surface area contributed by atoms with E-state index in [4.69, 9.17) is 4.74 Å². The third-order valence-corrected chi connectivity index (χ3v) is 4.80. The summed E-state index contributed by atoms with van der Waals surface area (Å²) in [5, 5.41) is 11.3. The minimum absolute atomic E-state index is 0. The van der Waals surface area contributed by atoms with Gasteiger partial charge in [-0.2, -0.15) is 5.10 Å². The molecular formula is C20H31FIN7O. The average Bonchev–Trinajstić information content (AvgIpc) is 3.09. The molecule has 1 aromatic carbocycles. The van der Waals surface area contributed by atoms with Gasteiger partial charge in [-0.1, -0.05) is 6.07 Å². The first kappa shape index (κ1) is 24.5. The van der Waals surface area contributed by atoms with E-state index in [1.165, 1.54) is 6.07 Å². The maximum Gasteiger partial charge on any atom is 0.191 e. The fourth-order valence-electron chi connectivity index (χ4n) is 3.44. The molecule has 1 unspecified atom stereocenters. The summed E-state index contributed by atoms with van der Waals surface area (Å²) in [6, 6.07) is 5.43. The average molecular weight is 531 g/mol. The van der Waals surface area contributed by atoms with Gasteiger partial charge < -0.3 is 20.3 Å². The number of rotatable bonds is 7. The molecule has 30 heavy (non-hydrogen) atoms. The highest BCUT2D eigenvalue weighted by Crippen LogP contribution is 2.14. The lowest BCUT2D eigenvalue weighted by Crippen LogP contribution is -2.46. The third kappa shape index (κ3) is 6.61. The maximum atomic E-state index is 14.0. The SMILES string of the molecule is CN=C(NCc1ccc(F)c(CN(C)C)c1)NC1CCc2nc(COC)nn2C1.I. The van der Waals surface area contributed by atoms with Crippen molar-refractivity contribution in [2.45, 2.75) is 45.1 Å². The van der Waals surface area contributed by atoms with Crippen molar-refractivity contribution in [2.75, 3.05) is 28.3 Å². The number of methoxy groups -OCH3 is 1. The lowest BCUT2D eigenvalue weighted by atomic mass is 10.1. The van der Waals surface area contributed by atoms with Gasteiger partial charge in [0.05, 0.1) is 6.54 Å². The van der Waals surface area contributed by atoms with Crippen LogP contribution in [0.2, 0.25) is 0 Å². The molecule has 1 aliphatic heterocycles. The Hall–Kier alpha value is -1.79. The molecule has 8 nitrogen and oxygen atoms in total. The van der Waals surface area contributed by atoms with E-state index >= 15 is 0 Å². The molecule has 3 rings (SSSR count). The van der Waals surface area contributed by atoms with Crippen molar-refractivity contribution < 1.29 is 9.13 Å². The van der Waals surface area contributed by atoms with Gasteiger partial charge in [-0.25, -0.2) is 14.1 Å². The van der Waals surface area contributed by atoms with Crippen molar-refractivity contribution in [1.82, 2.24) is 30.3 Å². The molecule has 2 heterocycles. The Morgan fingerprint density at radius 1 is 1.40 bits per heavy atom. The highest BCUT2D eigenvalue weighted by molar-refractivity contribution is 14.0. The summed E-state index contributed by atoms with van der Waals surface area (Å²) >= 11 is 0. The quantitative estimate of drug-likeness (QED) is 0.323. The molecule has 2 aromatic rings. The van der Waals surface area contributed by atoms with E-state index in [1.54, 1.807) is 20.2 Å². The lowest BCUT2D eigenvalue weighted by molar-refractivity contribution is 0.177. The van der Waals surface area contributed by atoms with Crippen LogP contribution in [0.4, 0.5) is 4.39 Å². The second-order valence-corrected chi connectivity index (χ2v) is 7.53. The van der Waals surface area contributed by atoms with E-state index in [9.17, 15) is 4.39 Å². The Balaban J connectivity index is 0.00000320. The Bertz CT molecular complexity index is 856. The molecule has 0 bridgehead atoms. The smallest absolute Gasteiger partial charge is 0.191 e. The zero-order chi connectivity index (χ0) is 20.8. The number of nitrogens with one attached hydrogen (secondary N) is 2. The molecular weight excluding hydrogens is 500 g/mol. The summed E-state index contributed by atoms with van der Waals surface area (Å²) in [7, 11) is 7.25. The Morgan fingerprint density at radius 2 is 2.20 bits per heavy atom. The predicted octanol–water partition coefficient (Wildman–Crippen LogP) is 1.92. The summed E-state index contributed by atoms with van der Waals surface area (Å²) in [6.07, 6.45) is 1.81. The molecule has 0 aliphatic carbocycles. The van der Waals surface area contributed by atoms with Gasteiger partial charge in [0.25, 0.3) is 0 Å². The van der Waals surface area contributed by atoms with E-state index in [1.807, 2.05) is 29.7 Å². The minimum Gasteiger partial charge on any atom is -0.377 e. The van der Waals surface area contributed by atoms with Gasteiger partial charge in [0, 0.05) is 45.3 Å². The topological polar surface area (TPSA) is 79.6 Å². The van der Waals surface area contributed by atoms with E-state index in [2.05, 4.69) is 25.7 Å². The van der Waals surface area contributed by atoms with Crippen molar-refractivity contribution >= 4 is 29.9 Å². The van der Waals surface area contributed by atoms with E-state index in [-0.39, 0.29) is 35.8 Å². The number of hydrogen-bond donors (Lipinski definition) is 2. The molecule has 1 atom stereocenters. The van der Waals surface area contributed by atoms with Crippen molar-refractivity contribution in [1.29, 1.82) is 0 Å². The number of aromatic nitrogens is 3. The van der Waals surface area contributed by atoms with Crippen molar-refractivity contribution in [3.63, 3.8) is 0 Å². The monoisotopic (exact) mass is 531 g/mol. The maximum absolute atomic E-state index is 14.0. The van der Waals surface area contributed by atoms with Gasteiger partial charge in [0.1, 0.15) is 18.2 Å². The second kappa shape index (κ2) is 11.6. The summed E-state index contributed by atoms with van der Waals surface area (Å²) in [4.78, 5) is 10.8. The zero-order valence-corrected chi connectivity index (χ0v) is 20.3. The van der Waals surface area contributed by atoms with Gasteiger partial charge in [0.2, 0.25) is 0 Å². The standard InChI is InChI=1S/C20H30FN7O.HI/c1-22-20(23-10-14-5-7-17(21)15(9-14)11-27(2)3)24-16-6-8-19-25-18(13-29-4)26-28(19)12-16;/h5,7,9,16H,6,8,10-13H2,1-4H3,(H2,22,23,24);1H. The second-order valence-electron chi connectivity index (χ2n) is 7.53. The molecule has 0 amide bonds. The van der Waals surface area contributed by atoms with Crippen molar-refractivity contribution in [2.24, 2.45) is 4.99 Å². The summed E-state index contributed by atoms with van der Waals surface area (Å²) in [6.45, 7) is 2.30.